The summed E-state index contributed by atoms with van der Waals surface area (Å²) in [6, 6.07) is 6.02. The van der Waals surface area contributed by atoms with Crippen LogP contribution in [0.3, 0.4) is 0 Å². The van der Waals surface area contributed by atoms with Crippen LogP contribution in [0.5, 0.6) is 0 Å². The molecule has 0 aliphatic carbocycles. The van der Waals surface area contributed by atoms with Crippen molar-refractivity contribution in [1.82, 2.24) is 0 Å². The molecule has 1 aromatic rings. The molecule has 0 aliphatic heterocycles. The number of amides is 1. The molecule has 0 heterocycles. The lowest BCUT2D eigenvalue weighted by molar-refractivity contribution is 0.268. The van der Waals surface area contributed by atoms with E-state index in [4.69, 9.17) is 0 Å². The topological polar surface area (TPSA) is 20.3 Å². The van der Waals surface area contributed by atoms with Gasteiger partial charge in [0.15, 0.2) is 0 Å². The summed E-state index contributed by atoms with van der Waals surface area (Å²) in [5.74, 6) is 0. The average Bonchev–Trinajstić information content (AvgIpc) is 2.03. The molecule has 0 saturated heterocycles. The molecule has 1 rings (SSSR count). The first-order valence-electron chi connectivity index (χ1n) is 4.03. The van der Waals surface area contributed by atoms with E-state index in [1.165, 1.54) is 0 Å². The van der Waals surface area contributed by atoms with Gasteiger partial charge in [-0.3, -0.25) is 4.79 Å². The van der Waals surface area contributed by atoms with Gasteiger partial charge in [-0.15, -0.1) is 0 Å². The molecular formula is C10H12INO. The van der Waals surface area contributed by atoms with Gasteiger partial charge in [0, 0.05) is 35.3 Å². The van der Waals surface area contributed by atoms with Crippen molar-refractivity contribution in [3.8, 4) is 0 Å². The molecule has 0 N–H and O–H groups in total. The van der Waals surface area contributed by atoms with Crippen LogP contribution < -0.4 is 4.90 Å². The summed E-state index contributed by atoms with van der Waals surface area (Å²) in [5.41, 5.74) is 3.28. The molecule has 0 unspecified atom stereocenters. The van der Waals surface area contributed by atoms with Gasteiger partial charge in [-0.2, -0.15) is 0 Å². The normalized spacial score (nSPS) is 9.85. The van der Waals surface area contributed by atoms with E-state index in [1.54, 1.807) is 34.5 Å². The number of rotatable bonds is 1. The standard InChI is InChI=1S/C10H12INO/c1-7-5-4-6-8(2)9(7)12(3)10(11)13/h4-6H,1-3H3. The van der Waals surface area contributed by atoms with E-state index in [-0.39, 0.29) is 3.91 Å². The van der Waals surface area contributed by atoms with Crippen LogP contribution in [0.1, 0.15) is 11.1 Å². The van der Waals surface area contributed by atoms with Gasteiger partial charge in [-0.05, 0) is 25.0 Å². The van der Waals surface area contributed by atoms with Crippen LogP contribution in [0.15, 0.2) is 18.2 Å². The largest absolute Gasteiger partial charge is 0.306 e. The van der Waals surface area contributed by atoms with Gasteiger partial charge in [0.1, 0.15) is 0 Å². The predicted octanol–water partition coefficient (Wildman–Crippen LogP) is 3.29. The Kier molecular flexibility index (Phi) is 3.30. The van der Waals surface area contributed by atoms with Crippen LogP contribution >= 0.6 is 22.6 Å². The summed E-state index contributed by atoms with van der Waals surface area (Å²) < 4.78 is 0.0370. The maximum atomic E-state index is 11.2. The molecule has 2 nitrogen and oxygen atoms in total. The molecule has 0 aliphatic rings. The molecular weight excluding hydrogens is 277 g/mol. The quantitative estimate of drug-likeness (QED) is 0.441. The van der Waals surface area contributed by atoms with E-state index in [2.05, 4.69) is 0 Å². The minimum Gasteiger partial charge on any atom is -0.306 e. The lowest BCUT2D eigenvalue weighted by Gasteiger charge is -2.18. The van der Waals surface area contributed by atoms with Crippen molar-refractivity contribution in [2.75, 3.05) is 11.9 Å². The summed E-state index contributed by atoms with van der Waals surface area (Å²) >= 11 is 1.79. The maximum absolute atomic E-state index is 11.2. The highest BCUT2D eigenvalue weighted by Gasteiger charge is 2.11. The SMILES string of the molecule is Cc1cccc(C)c1N(C)C(=O)I. The summed E-state index contributed by atoms with van der Waals surface area (Å²) in [6.45, 7) is 4.02. The summed E-state index contributed by atoms with van der Waals surface area (Å²) in [7, 11) is 1.80. The van der Waals surface area contributed by atoms with E-state index in [0.717, 1.165) is 16.8 Å². The number of benzene rings is 1. The lowest BCUT2D eigenvalue weighted by atomic mass is 10.1. The van der Waals surface area contributed by atoms with Crippen LogP contribution in [0.4, 0.5) is 10.5 Å². The Hall–Kier alpha value is -0.580. The van der Waals surface area contributed by atoms with Crippen molar-refractivity contribution >= 4 is 32.2 Å². The van der Waals surface area contributed by atoms with Crippen LogP contribution in [-0.4, -0.2) is 11.0 Å². The maximum Gasteiger partial charge on any atom is 0.287 e. The van der Waals surface area contributed by atoms with Crippen molar-refractivity contribution in [3.05, 3.63) is 29.3 Å². The van der Waals surface area contributed by atoms with E-state index >= 15 is 0 Å². The smallest absolute Gasteiger partial charge is 0.287 e. The zero-order valence-corrected chi connectivity index (χ0v) is 10.1. The second-order valence-corrected chi connectivity index (χ2v) is 3.98. The van der Waals surface area contributed by atoms with E-state index in [9.17, 15) is 4.79 Å². The third-order valence-electron chi connectivity index (χ3n) is 2.04. The second-order valence-electron chi connectivity index (χ2n) is 3.05. The highest BCUT2D eigenvalue weighted by Crippen LogP contribution is 2.24. The minimum absolute atomic E-state index is 0.0370. The van der Waals surface area contributed by atoms with Gasteiger partial charge >= 0.3 is 0 Å². The Labute approximate surface area is 92.1 Å². The first kappa shape index (κ1) is 10.5. The van der Waals surface area contributed by atoms with E-state index < -0.39 is 0 Å². The number of hydrogen-bond donors (Lipinski definition) is 0. The number of carbonyl (C=O) groups is 1. The number of halogens is 1. The Balaban J connectivity index is 3.20. The summed E-state index contributed by atoms with van der Waals surface area (Å²) in [4.78, 5) is 12.8. The van der Waals surface area contributed by atoms with Crippen LogP contribution in [0, 0.1) is 13.8 Å². The van der Waals surface area contributed by atoms with Gasteiger partial charge in [-0.1, -0.05) is 18.2 Å². The number of aryl methyl sites for hydroxylation is 2. The Morgan fingerprint density at radius 2 is 1.77 bits per heavy atom. The van der Waals surface area contributed by atoms with Gasteiger partial charge in [-0.25, -0.2) is 0 Å². The predicted molar refractivity (Wildman–Crippen MR) is 63.7 cm³/mol. The molecule has 0 spiro atoms. The zero-order valence-electron chi connectivity index (χ0n) is 7.97. The molecule has 0 radical (unpaired) electrons. The molecule has 0 atom stereocenters. The third-order valence-corrected chi connectivity index (χ3v) is 2.76. The third kappa shape index (κ3) is 2.21. The fourth-order valence-corrected chi connectivity index (χ4v) is 1.66. The van der Waals surface area contributed by atoms with Crippen LogP contribution in [0.2, 0.25) is 0 Å². The van der Waals surface area contributed by atoms with Crippen LogP contribution in [-0.2, 0) is 0 Å². The molecule has 0 bridgehead atoms. The monoisotopic (exact) mass is 289 g/mol. The second kappa shape index (κ2) is 4.09. The van der Waals surface area contributed by atoms with Gasteiger partial charge in [0.05, 0.1) is 0 Å². The number of hydrogen-bond acceptors (Lipinski definition) is 1. The highest BCUT2D eigenvalue weighted by molar-refractivity contribution is 14.1. The highest BCUT2D eigenvalue weighted by atomic mass is 127. The van der Waals surface area contributed by atoms with Crippen LogP contribution in [0.25, 0.3) is 0 Å². The van der Waals surface area contributed by atoms with Gasteiger partial charge in [0.25, 0.3) is 3.91 Å². The molecule has 0 saturated carbocycles. The summed E-state index contributed by atoms with van der Waals surface area (Å²) in [6.07, 6.45) is 0. The van der Waals surface area contributed by atoms with E-state index in [1.807, 2.05) is 32.0 Å². The first-order chi connectivity index (χ1) is 6.04. The summed E-state index contributed by atoms with van der Waals surface area (Å²) in [5, 5.41) is 0. The van der Waals surface area contributed by atoms with Gasteiger partial charge < -0.3 is 4.90 Å². The fourth-order valence-electron chi connectivity index (χ4n) is 1.42. The molecule has 13 heavy (non-hydrogen) atoms. The molecule has 3 heteroatoms. The Morgan fingerprint density at radius 1 is 1.31 bits per heavy atom. The van der Waals surface area contributed by atoms with Crippen molar-refractivity contribution in [2.24, 2.45) is 0 Å². The fraction of sp³-hybridized carbons (Fsp3) is 0.300. The Morgan fingerprint density at radius 3 is 2.15 bits per heavy atom. The first-order valence-corrected chi connectivity index (χ1v) is 5.11. The molecule has 0 aromatic heterocycles. The molecule has 1 aromatic carbocycles. The minimum atomic E-state index is 0.0370. The zero-order chi connectivity index (χ0) is 10.0. The molecule has 1 amide bonds. The number of carbonyl (C=O) groups excluding carboxylic acids is 1. The molecule has 0 fully saturated rings. The molecule has 70 valence electrons. The number of para-hydroxylation sites is 1. The van der Waals surface area contributed by atoms with Crippen molar-refractivity contribution in [3.63, 3.8) is 0 Å². The van der Waals surface area contributed by atoms with Crippen molar-refractivity contribution in [2.45, 2.75) is 13.8 Å². The van der Waals surface area contributed by atoms with Crippen molar-refractivity contribution < 1.29 is 4.79 Å². The number of anilines is 1. The average molecular weight is 289 g/mol. The van der Waals surface area contributed by atoms with Gasteiger partial charge in [0.2, 0.25) is 0 Å². The van der Waals surface area contributed by atoms with Crippen molar-refractivity contribution in [1.29, 1.82) is 0 Å². The number of nitrogens with zero attached hydrogens (tertiary/aromatic N) is 1. The lowest BCUT2D eigenvalue weighted by Crippen LogP contribution is -2.20. The van der Waals surface area contributed by atoms with E-state index in [0.29, 0.717) is 0 Å². The Bertz CT molecular complexity index is 315.